The number of carbonyl (C=O) groups excluding carboxylic acids is 4. The molecule has 0 saturated carbocycles. The molecule has 2 aromatic rings. The summed E-state index contributed by atoms with van der Waals surface area (Å²) in [5.74, 6) is -2.39. The second-order valence-corrected chi connectivity index (χ2v) is 9.39. The number of carbonyl (C=O) groups is 4. The molecule has 42 heavy (non-hydrogen) atoms. The van der Waals surface area contributed by atoms with E-state index >= 15 is 0 Å². The first kappa shape index (κ1) is 30.8. The molecule has 2 aliphatic rings. The third kappa shape index (κ3) is 8.23. The number of esters is 4. The quantitative estimate of drug-likeness (QED) is 0.218. The molecule has 2 heterocycles. The van der Waals surface area contributed by atoms with Gasteiger partial charge in [-0.1, -0.05) is 36.4 Å². The Morgan fingerprint density at radius 3 is 1.83 bits per heavy atom. The maximum Gasteiger partial charge on any atom is 0.338 e. The van der Waals surface area contributed by atoms with E-state index < -0.39 is 67.0 Å². The van der Waals surface area contributed by atoms with E-state index in [0.717, 1.165) is 0 Å². The standard InChI is InChI=1S/C30H32O12/c1-18(31)36-16-23-22(38-19(2)32)14-15-25(39-23)37-17-24-26(41-28(33)20-10-6-4-7-11-20)27(30(35-3)40-24)42-29(34)21-12-8-5-9-13-21/h4-15,22-27,30H,16-17H2,1-3H3/t22-,23-,24-,25+,26-,27+,30+/m1/s1. The summed E-state index contributed by atoms with van der Waals surface area (Å²) in [5, 5.41) is 0. The van der Waals surface area contributed by atoms with Crippen molar-refractivity contribution in [2.45, 2.75) is 56.9 Å². The van der Waals surface area contributed by atoms with Crippen molar-refractivity contribution in [2.75, 3.05) is 20.3 Å². The molecule has 1 saturated heterocycles. The Bertz CT molecular complexity index is 1250. The van der Waals surface area contributed by atoms with Crippen LogP contribution in [-0.2, 0) is 47.5 Å². The van der Waals surface area contributed by atoms with Crippen molar-refractivity contribution < 1.29 is 57.1 Å². The fourth-order valence-corrected chi connectivity index (χ4v) is 4.36. The Labute approximate surface area is 242 Å². The van der Waals surface area contributed by atoms with Gasteiger partial charge in [-0.25, -0.2) is 9.59 Å². The van der Waals surface area contributed by atoms with E-state index in [-0.39, 0.29) is 18.8 Å². The van der Waals surface area contributed by atoms with E-state index in [2.05, 4.69) is 0 Å². The molecular weight excluding hydrogens is 552 g/mol. The molecule has 12 nitrogen and oxygen atoms in total. The summed E-state index contributed by atoms with van der Waals surface area (Å²) in [6, 6.07) is 16.6. The lowest BCUT2D eigenvalue weighted by Gasteiger charge is -2.32. The zero-order chi connectivity index (χ0) is 30.1. The van der Waals surface area contributed by atoms with Gasteiger partial charge in [0.25, 0.3) is 0 Å². The summed E-state index contributed by atoms with van der Waals surface area (Å²) < 4.78 is 45.0. The molecule has 224 valence electrons. The smallest absolute Gasteiger partial charge is 0.338 e. The molecule has 0 amide bonds. The van der Waals surface area contributed by atoms with Crippen molar-refractivity contribution in [1.82, 2.24) is 0 Å². The van der Waals surface area contributed by atoms with Gasteiger partial charge in [0, 0.05) is 21.0 Å². The van der Waals surface area contributed by atoms with Crippen molar-refractivity contribution in [2.24, 2.45) is 0 Å². The Balaban J connectivity index is 1.50. The van der Waals surface area contributed by atoms with Crippen molar-refractivity contribution in [1.29, 1.82) is 0 Å². The topological polar surface area (TPSA) is 142 Å². The molecule has 0 unspecified atom stereocenters. The molecule has 0 bridgehead atoms. The summed E-state index contributed by atoms with van der Waals surface area (Å²) in [6.45, 7) is 2.13. The molecule has 2 aliphatic heterocycles. The summed E-state index contributed by atoms with van der Waals surface area (Å²) in [6.07, 6.45) is -3.77. The van der Waals surface area contributed by atoms with Gasteiger partial charge in [-0.15, -0.1) is 0 Å². The predicted octanol–water partition coefficient (Wildman–Crippen LogP) is 2.60. The molecule has 0 spiro atoms. The second-order valence-electron chi connectivity index (χ2n) is 9.39. The van der Waals surface area contributed by atoms with Crippen LogP contribution in [0.4, 0.5) is 0 Å². The average molecular weight is 585 g/mol. The van der Waals surface area contributed by atoms with Crippen LogP contribution >= 0.6 is 0 Å². The minimum Gasteiger partial charge on any atom is -0.463 e. The van der Waals surface area contributed by atoms with E-state index in [4.69, 9.17) is 37.9 Å². The number of hydrogen-bond donors (Lipinski definition) is 0. The van der Waals surface area contributed by atoms with Gasteiger partial charge in [0.15, 0.2) is 24.8 Å². The fraction of sp³-hybridized carbons (Fsp3) is 0.400. The second kappa shape index (κ2) is 14.7. The summed E-state index contributed by atoms with van der Waals surface area (Å²) in [5.41, 5.74) is 0.580. The van der Waals surface area contributed by atoms with Gasteiger partial charge in [0.1, 0.15) is 24.9 Å². The first-order valence-electron chi connectivity index (χ1n) is 13.2. The van der Waals surface area contributed by atoms with Gasteiger partial charge in [0.2, 0.25) is 0 Å². The lowest BCUT2D eigenvalue weighted by Crippen LogP contribution is -2.44. The van der Waals surface area contributed by atoms with E-state index in [1.54, 1.807) is 66.7 Å². The fourth-order valence-electron chi connectivity index (χ4n) is 4.36. The van der Waals surface area contributed by atoms with Crippen molar-refractivity contribution in [3.63, 3.8) is 0 Å². The van der Waals surface area contributed by atoms with Crippen LogP contribution in [0.2, 0.25) is 0 Å². The third-order valence-corrected chi connectivity index (χ3v) is 6.32. The normalized spacial score (nSPS) is 26.7. The number of rotatable bonds is 11. The minimum atomic E-state index is -1.13. The highest BCUT2D eigenvalue weighted by Crippen LogP contribution is 2.30. The van der Waals surface area contributed by atoms with Gasteiger partial charge in [-0.3, -0.25) is 9.59 Å². The monoisotopic (exact) mass is 584 g/mol. The molecule has 7 atom stereocenters. The van der Waals surface area contributed by atoms with Crippen LogP contribution < -0.4 is 0 Å². The van der Waals surface area contributed by atoms with Crippen LogP contribution in [0, 0.1) is 0 Å². The number of ether oxygens (including phenoxy) is 8. The average Bonchev–Trinajstić information content (AvgIpc) is 3.31. The molecule has 1 fully saturated rings. The minimum absolute atomic E-state index is 0.181. The molecule has 4 rings (SSSR count). The first-order valence-corrected chi connectivity index (χ1v) is 13.2. The zero-order valence-electron chi connectivity index (χ0n) is 23.3. The maximum atomic E-state index is 13.0. The SMILES string of the molecule is CO[C@H]1O[C@H](CO[C@@H]2C=C[C@@H](OC(C)=O)[C@@H](COC(C)=O)O2)[C@@H](OC(=O)c2ccccc2)[C@@H]1OC(=O)c1ccccc1. The summed E-state index contributed by atoms with van der Waals surface area (Å²) in [4.78, 5) is 48.8. The molecule has 0 N–H and O–H groups in total. The van der Waals surface area contributed by atoms with Crippen LogP contribution in [0.3, 0.4) is 0 Å². The van der Waals surface area contributed by atoms with Gasteiger partial charge in [-0.05, 0) is 36.4 Å². The highest BCUT2D eigenvalue weighted by Gasteiger charge is 2.50. The van der Waals surface area contributed by atoms with E-state index in [0.29, 0.717) is 5.56 Å². The largest absolute Gasteiger partial charge is 0.463 e. The summed E-state index contributed by atoms with van der Waals surface area (Å²) >= 11 is 0. The van der Waals surface area contributed by atoms with Gasteiger partial charge in [0.05, 0.1) is 17.7 Å². The maximum absolute atomic E-state index is 13.0. The van der Waals surface area contributed by atoms with E-state index in [9.17, 15) is 19.2 Å². The van der Waals surface area contributed by atoms with Crippen LogP contribution in [0.25, 0.3) is 0 Å². The Hall–Kier alpha value is -4.10. The number of hydrogen-bond acceptors (Lipinski definition) is 12. The highest BCUT2D eigenvalue weighted by molar-refractivity contribution is 5.90. The Morgan fingerprint density at radius 2 is 1.29 bits per heavy atom. The third-order valence-electron chi connectivity index (χ3n) is 6.32. The van der Waals surface area contributed by atoms with Crippen molar-refractivity contribution >= 4 is 23.9 Å². The van der Waals surface area contributed by atoms with Gasteiger partial charge < -0.3 is 37.9 Å². The number of methoxy groups -OCH3 is 1. The van der Waals surface area contributed by atoms with Crippen LogP contribution in [0.1, 0.15) is 34.6 Å². The van der Waals surface area contributed by atoms with Crippen molar-refractivity contribution in [3.8, 4) is 0 Å². The van der Waals surface area contributed by atoms with E-state index in [1.165, 1.54) is 27.0 Å². The number of benzene rings is 2. The first-order chi connectivity index (χ1) is 20.2. The zero-order valence-corrected chi connectivity index (χ0v) is 23.3. The summed E-state index contributed by atoms with van der Waals surface area (Å²) in [7, 11) is 1.37. The van der Waals surface area contributed by atoms with Crippen LogP contribution in [0.5, 0.6) is 0 Å². The Morgan fingerprint density at radius 1 is 0.690 bits per heavy atom. The molecule has 12 heteroatoms. The van der Waals surface area contributed by atoms with Gasteiger partial charge in [-0.2, -0.15) is 0 Å². The van der Waals surface area contributed by atoms with Crippen LogP contribution in [0.15, 0.2) is 72.8 Å². The Kier molecular flexibility index (Phi) is 10.8. The molecule has 0 aliphatic carbocycles. The molecular formula is C30H32O12. The van der Waals surface area contributed by atoms with Crippen LogP contribution in [-0.4, -0.2) is 87.3 Å². The van der Waals surface area contributed by atoms with Gasteiger partial charge >= 0.3 is 23.9 Å². The highest BCUT2D eigenvalue weighted by atomic mass is 16.7. The van der Waals surface area contributed by atoms with E-state index in [1.807, 2.05) is 0 Å². The predicted molar refractivity (Wildman–Crippen MR) is 143 cm³/mol. The molecule has 2 aromatic carbocycles. The lowest BCUT2D eigenvalue weighted by atomic mass is 10.1. The lowest BCUT2D eigenvalue weighted by molar-refractivity contribution is -0.212. The molecule has 0 radical (unpaired) electrons. The molecule has 0 aromatic heterocycles. The van der Waals surface area contributed by atoms with Crippen molar-refractivity contribution in [3.05, 3.63) is 83.9 Å².